The molecule has 0 aliphatic carbocycles. The van der Waals surface area contributed by atoms with E-state index in [0.717, 1.165) is 46.0 Å². The molecule has 2 aromatic carbocycles. The van der Waals surface area contributed by atoms with Crippen LogP contribution in [0.25, 0.3) is 0 Å². The number of carboxylic acid groups (broad SMARTS) is 1. The third-order valence-electron chi connectivity index (χ3n) is 7.58. The molecule has 8 nitrogen and oxygen atoms in total. The Hall–Kier alpha value is -2.94. The molecule has 0 atom stereocenters. The van der Waals surface area contributed by atoms with Crippen LogP contribution in [0.2, 0.25) is 0 Å². The van der Waals surface area contributed by atoms with Gasteiger partial charge in [0.2, 0.25) is 0 Å². The van der Waals surface area contributed by atoms with Crippen molar-refractivity contribution in [1.29, 1.82) is 0 Å². The van der Waals surface area contributed by atoms with E-state index >= 15 is 0 Å². The number of carbonyl (C=O) groups is 1. The van der Waals surface area contributed by atoms with Crippen molar-refractivity contribution >= 4 is 5.97 Å². The molecule has 0 aliphatic rings. The summed E-state index contributed by atoms with van der Waals surface area (Å²) >= 11 is 0. The van der Waals surface area contributed by atoms with Crippen LogP contribution >= 0.6 is 0 Å². The van der Waals surface area contributed by atoms with Crippen molar-refractivity contribution in [3.63, 3.8) is 0 Å². The number of aliphatic hydroxyl groups is 1. The zero-order chi connectivity index (χ0) is 36.5. The predicted molar refractivity (Wildman–Crippen MR) is 192 cm³/mol. The van der Waals surface area contributed by atoms with Gasteiger partial charge in [-0.1, -0.05) is 113 Å². The van der Waals surface area contributed by atoms with Gasteiger partial charge in [0.05, 0.1) is 5.69 Å². The van der Waals surface area contributed by atoms with Crippen molar-refractivity contribution in [3.05, 3.63) is 87.7 Å². The molecule has 9 heteroatoms. The predicted octanol–water partition coefficient (Wildman–Crippen LogP) is 5.45. The summed E-state index contributed by atoms with van der Waals surface area (Å²) in [6.45, 7) is 30.0. The number of pyridine rings is 1. The van der Waals surface area contributed by atoms with Gasteiger partial charge in [0.1, 0.15) is 0 Å². The first-order valence-electron chi connectivity index (χ1n) is 16.4. The molecule has 0 bridgehead atoms. The summed E-state index contributed by atoms with van der Waals surface area (Å²) in [5.41, 5.74) is 5.68. The van der Waals surface area contributed by atoms with Gasteiger partial charge >= 0.3 is 17.1 Å². The van der Waals surface area contributed by atoms with Crippen LogP contribution in [0.5, 0.6) is 11.5 Å². The first-order valence-corrected chi connectivity index (χ1v) is 16.4. The molecular weight excluding hydrogens is 659 g/mol. The van der Waals surface area contributed by atoms with Gasteiger partial charge in [0, 0.05) is 38.4 Å². The summed E-state index contributed by atoms with van der Waals surface area (Å²) in [7, 11) is 0. The Balaban J connectivity index is 0. The largest absolute Gasteiger partial charge is 3.00 e. The summed E-state index contributed by atoms with van der Waals surface area (Å²) in [4.78, 5) is 15.7. The smallest absolute Gasteiger partial charge is 0.872 e. The van der Waals surface area contributed by atoms with E-state index in [2.05, 4.69) is 117 Å². The zero-order valence-corrected chi connectivity index (χ0v) is 33.6. The number of hydrogen-bond acceptors (Lipinski definition) is 7. The number of aliphatic hydroxyl groups excluding tert-OH is 1. The van der Waals surface area contributed by atoms with E-state index in [-0.39, 0.29) is 62.3 Å². The van der Waals surface area contributed by atoms with Crippen LogP contribution in [-0.4, -0.2) is 27.6 Å². The Morgan fingerprint density at radius 3 is 1.33 bits per heavy atom. The summed E-state index contributed by atoms with van der Waals surface area (Å²) in [6.07, 6.45) is 1.79. The number of aromatic nitrogens is 1. The Bertz CT molecular complexity index is 1360. The van der Waals surface area contributed by atoms with E-state index in [9.17, 15) is 10.2 Å². The third kappa shape index (κ3) is 15.7. The van der Waals surface area contributed by atoms with E-state index in [4.69, 9.17) is 15.0 Å². The fraction of sp³-hybridized carbons (Fsp3) is 0.550. The first-order chi connectivity index (χ1) is 21.3. The second-order valence-corrected chi connectivity index (χ2v) is 16.3. The van der Waals surface area contributed by atoms with Crippen molar-refractivity contribution in [2.24, 2.45) is 0 Å². The van der Waals surface area contributed by atoms with Gasteiger partial charge in [-0.15, -0.1) is 11.5 Å². The standard InChI is InChI=1S/C36H52N2O2.C2H4O2.C2H6O.Mn.H2O/c1-33(2,3)26-17-24(31(39)29(19-26)35(7,8)9)21-38(23-28-15-13-14-16-37-28)22-25-18-27(34(4,5)6)20-30(32(25)40)36(10,11)12;1-2(3)4;1-2-3;;/h13-20,39-40H,21-23H2,1-12H3;1H3,(H,3,4);3H,2H2,1H3;;1H2/q;;;+3;/p-2. The molecule has 4 N–H and O–H groups in total. The minimum absolute atomic E-state index is 0. The fourth-order valence-corrected chi connectivity index (χ4v) is 4.96. The van der Waals surface area contributed by atoms with Crippen LogP contribution in [0.3, 0.4) is 0 Å². The topological polar surface area (TPSA) is 156 Å². The molecule has 1 heterocycles. The number of aliphatic carboxylic acids is 1. The van der Waals surface area contributed by atoms with Gasteiger partial charge in [-0.25, -0.2) is 0 Å². The second-order valence-electron chi connectivity index (χ2n) is 16.3. The summed E-state index contributed by atoms with van der Waals surface area (Å²) in [5.74, 6) is -0.902. The van der Waals surface area contributed by atoms with Gasteiger partial charge in [-0.3, -0.25) is 9.88 Å². The number of nitrogens with zero attached hydrogens (tertiary/aromatic N) is 2. The molecule has 0 spiro atoms. The maximum atomic E-state index is 13.9. The average Bonchev–Trinajstić information content (AvgIpc) is 2.89. The number of rotatable bonds is 6. The van der Waals surface area contributed by atoms with Gasteiger partial charge in [0.25, 0.3) is 0 Å². The van der Waals surface area contributed by atoms with Crippen LogP contribution in [0.15, 0.2) is 48.7 Å². The number of carboxylic acids is 1. The van der Waals surface area contributed by atoms with Gasteiger partial charge in [-0.05, 0) is 81.0 Å². The monoisotopic (exact) mass is 721 g/mol. The molecule has 49 heavy (non-hydrogen) atoms. The van der Waals surface area contributed by atoms with Crippen molar-refractivity contribution < 1.29 is 47.8 Å². The minimum Gasteiger partial charge on any atom is -0.872 e. The number of carbonyl (C=O) groups excluding carboxylic acids is 1. The van der Waals surface area contributed by atoms with Crippen LogP contribution < -0.4 is 15.3 Å². The van der Waals surface area contributed by atoms with E-state index in [1.807, 2.05) is 18.2 Å². The van der Waals surface area contributed by atoms with Crippen molar-refractivity contribution in [3.8, 4) is 11.5 Å². The summed E-state index contributed by atoms with van der Waals surface area (Å²) in [5, 5.41) is 44.2. The van der Waals surface area contributed by atoms with Crippen molar-refractivity contribution in [2.45, 2.75) is 138 Å². The molecule has 0 fully saturated rings. The van der Waals surface area contributed by atoms with Crippen molar-refractivity contribution in [1.82, 2.24) is 9.88 Å². The van der Waals surface area contributed by atoms with E-state index < -0.39 is 5.97 Å². The summed E-state index contributed by atoms with van der Waals surface area (Å²) < 4.78 is 0. The summed E-state index contributed by atoms with van der Waals surface area (Å²) in [6, 6.07) is 14.2. The molecule has 3 rings (SSSR count). The molecule has 1 aromatic heterocycles. The second kappa shape index (κ2) is 19.5. The molecule has 0 saturated heterocycles. The molecule has 0 saturated carbocycles. The Labute approximate surface area is 306 Å². The number of hydrogen-bond donors (Lipinski definition) is 1. The van der Waals surface area contributed by atoms with E-state index in [0.29, 0.717) is 19.6 Å². The quantitative estimate of drug-likeness (QED) is 0.262. The van der Waals surface area contributed by atoms with Crippen LogP contribution in [0.1, 0.15) is 136 Å². The third-order valence-corrected chi connectivity index (χ3v) is 7.58. The Morgan fingerprint density at radius 2 is 1.06 bits per heavy atom. The normalized spacial score (nSPS) is 11.7. The van der Waals surface area contributed by atoms with Gasteiger partial charge in [-0.2, -0.15) is 0 Å². The molecule has 3 aromatic rings. The zero-order valence-electron chi connectivity index (χ0n) is 32.4. The maximum Gasteiger partial charge on any atom is 3.00 e. The molecule has 0 radical (unpaired) electrons. The Kier molecular flexibility index (Phi) is 19.1. The molecular formula is C40H62MnN2O6+. The fourth-order valence-electron chi connectivity index (χ4n) is 4.96. The van der Waals surface area contributed by atoms with Crippen LogP contribution in [-0.2, 0) is 68.6 Å². The van der Waals surface area contributed by atoms with Gasteiger partial charge < -0.3 is 30.7 Å². The van der Waals surface area contributed by atoms with Crippen LogP contribution in [0.4, 0.5) is 0 Å². The molecule has 274 valence electrons. The molecule has 0 unspecified atom stereocenters. The van der Waals surface area contributed by atoms with E-state index in [1.54, 1.807) is 13.1 Å². The van der Waals surface area contributed by atoms with E-state index in [1.165, 1.54) is 0 Å². The maximum absolute atomic E-state index is 13.9. The SMILES string of the molecule is CC(=O)[O-].CC(C)(C)c1cc(CN(Cc2ccccn2)Cc2cc(C(C)(C)C)cc(C(C)(C)C)c2[O-])c([O-])c(C(C)(C)C)c1.CCO.[Mn+3].[OH3+]. The minimum atomic E-state index is -1.08. The Morgan fingerprint density at radius 1 is 0.714 bits per heavy atom. The van der Waals surface area contributed by atoms with Crippen molar-refractivity contribution in [2.75, 3.05) is 6.61 Å². The van der Waals surface area contributed by atoms with Gasteiger partial charge in [0.15, 0.2) is 0 Å². The molecule has 0 aliphatic heterocycles. The van der Waals surface area contributed by atoms with Crippen LogP contribution in [0, 0.1) is 0 Å². The number of benzene rings is 2. The average molecular weight is 722 g/mol. The first kappa shape index (κ1) is 48.2. The molecule has 0 amide bonds.